The molecule has 0 aromatic carbocycles. The van der Waals surface area contributed by atoms with Gasteiger partial charge >= 0.3 is 0 Å². The minimum atomic E-state index is 0.474. The minimum Gasteiger partial charge on any atom is -0.328 e. The van der Waals surface area contributed by atoms with Crippen LogP contribution in [0.25, 0.3) is 0 Å². The van der Waals surface area contributed by atoms with E-state index in [1.165, 1.54) is 45.1 Å². The molecule has 2 nitrogen and oxygen atoms in total. The average molecular weight is 182 g/mol. The Hall–Kier alpha value is -0.0800. The third-order valence-electron chi connectivity index (χ3n) is 3.90. The Bertz CT molecular complexity index is 169. The summed E-state index contributed by atoms with van der Waals surface area (Å²) >= 11 is 0. The number of nitrogens with zero attached hydrogens (tertiary/aromatic N) is 1. The van der Waals surface area contributed by atoms with Gasteiger partial charge in [-0.15, -0.1) is 0 Å². The molecule has 0 spiro atoms. The van der Waals surface area contributed by atoms with Crippen molar-refractivity contribution in [1.29, 1.82) is 0 Å². The first kappa shape index (κ1) is 9.47. The van der Waals surface area contributed by atoms with Crippen LogP contribution < -0.4 is 5.73 Å². The number of hydrogen-bond donors (Lipinski definition) is 1. The highest BCUT2D eigenvalue weighted by molar-refractivity contribution is 4.88. The lowest BCUT2D eigenvalue weighted by atomic mass is 9.80. The fourth-order valence-corrected chi connectivity index (χ4v) is 3.05. The van der Waals surface area contributed by atoms with Crippen LogP contribution in [0.5, 0.6) is 0 Å². The molecule has 2 rings (SSSR count). The van der Waals surface area contributed by atoms with E-state index in [4.69, 9.17) is 5.73 Å². The molecule has 1 saturated heterocycles. The van der Waals surface area contributed by atoms with Gasteiger partial charge in [0.2, 0.25) is 0 Å². The maximum Gasteiger partial charge on any atom is 0.0135 e. The third-order valence-corrected chi connectivity index (χ3v) is 3.90. The molecular formula is C11H22N2. The molecule has 1 saturated carbocycles. The zero-order chi connectivity index (χ0) is 9.26. The summed E-state index contributed by atoms with van der Waals surface area (Å²) in [7, 11) is 2.28. The summed E-state index contributed by atoms with van der Waals surface area (Å²) in [6, 6.07) is 1.27. The maximum atomic E-state index is 6.03. The van der Waals surface area contributed by atoms with Crippen molar-refractivity contribution in [3.05, 3.63) is 0 Å². The van der Waals surface area contributed by atoms with Crippen molar-refractivity contribution in [3.8, 4) is 0 Å². The molecule has 2 N–H and O–H groups in total. The monoisotopic (exact) mass is 182 g/mol. The molecule has 2 fully saturated rings. The summed E-state index contributed by atoms with van der Waals surface area (Å²) in [5.41, 5.74) is 6.03. The lowest BCUT2D eigenvalue weighted by Gasteiger charge is -2.38. The number of hydrogen-bond acceptors (Lipinski definition) is 2. The van der Waals surface area contributed by atoms with Crippen LogP contribution in [-0.4, -0.2) is 30.6 Å². The molecule has 1 aliphatic carbocycles. The maximum absolute atomic E-state index is 6.03. The Labute approximate surface area is 81.5 Å². The highest BCUT2D eigenvalue weighted by Crippen LogP contribution is 2.33. The van der Waals surface area contributed by atoms with Gasteiger partial charge in [0.25, 0.3) is 0 Å². The van der Waals surface area contributed by atoms with E-state index in [0.717, 1.165) is 12.0 Å². The highest BCUT2D eigenvalue weighted by atomic mass is 15.1. The number of fused-ring (bicyclic) bond motifs is 1. The smallest absolute Gasteiger partial charge is 0.0135 e. The molecule has 1 aliphatic heterocycles. The molecular weight excluding hydrogens is 160 g/mol. The fourth-order valence-electron chi connectivity index (χ4n) is 3.05. The van der Waals surface area contributed by atoms with E-state index in [-0.39, 0.29) is 0 Å². The van der Waals surface area contributed by atoms with E-state index < -0.39 is 0 Å². The Kier molecular flexibility index (Phi) is 2.89. The number of likely N-dealkylation sites (tertiary alicyclic amines) is 1. The van der Waals surface area contributed by atoms with Crippen LogP contribution in [0.15, 0.2) is 0 Å². The summed E-state index contributed by atoms with van der Waals surface area (Å²) in [6.07, 6.45) is 8.13. The molecule has 3 atom stereocenters. The van der Waals surface area contributed by atoms with Gasteiger partial charge in [-0.05, 0) is 51.6 Å². The van der Waals surface area contributed by atoms with Crippen LogP contribution in [0, 0.1) is 5.92 Å². The van der Waals surface area contributed by atoms with Gasteiger partial charge in [0.05, 0.1) is 0 Å². The molecule has 0 amide bonds. The standard InChI is InChI=1S/C11H22N2/c1-13-7-3-2-4-9-5-6-10(12)8-11(9)13/h9-11H,2-8,12H2,1H3. The summed E-state index contributed by atoms with van der Waals surface area (Å²) < 4.78 is 0. The van der Waals surface area contributed by atoms with Gasteiger partial charge in [0.1, 0.15) is 0 Å². The first-order chi connectivity index (χ1) is 6.27. The molecule has 0 bridgehead atoms. The largest absolute Gasteiger partial charge is 0.328 e. The first-order valence-corrected chi connectivity index (χ1v) is 5.73. The molecule has 0 aromatic rings. The Morgan fingerprint density at radius 1 is 1.15 bits per heavy atom. The molecule has 13 heavy (non-hydrogen) atoms. The average Bonchev–Trinajstić information content (AvgIpc) is 2.29. The summed E-state index contributed by atoms with van der Waals surface area (Å²) in [5, 5.41) is 0. The van der Waals surface area contributed by atoms with Gasteiger partial charge in [-0.2, -0.15) is 0 Å². The molecule has 2 aliphatic rings. The van der Waals surface area contributed by atoms with E-state index in [1.807, 2.05) is 0 Å². The quantitative estimate of drug-likeness (QED) is 0.616. The van der Waals surface area contributed by atoms with E-state index in [0.29, 0.717) is 6.04 Å². The second-order valence-corrected chi connectivity index (χ2v) is 4.88. The Morgan fingerprint density at radius 3 is 2.85 bits per heavy atom. The first-order valence-electron chi connectivity index (χ1n) is 5.73. The van der Waals surface area contributed by atoms with Crippen molar-refractivity contribution in [1.82, 2.24) is 4.90 Å². The highest BCUT2D eigenvalue weighted by Gasteiger charge is 2.32. The summed E-state index contributed by atoms with van der Waals surface area (Å²) in [6.45, 7) is 1.29. The van der Waals surface area contributed by atoms with Crippen molar-refractivity contribution in [3.63, 3.8) is 0 Å². The van der Waals surface area contributed by atoms with E-state index in [1.54, 1.807) is 0 Å². The van der Waals surface area contributed by atoms with Gasteiger partial charge in [-0.1, -0.05) is 6.42 Å². The SMILES string of the molecule is CN1CCCCC2CCC(N)CC21. The normalized spacial score (nSPS) is 42.5. The third kappa shape index (κ3) is 2.05. The Morgan fingerprint density at radius 2 is 2.00 bits per heavy atom. The fraction of sp³-hybridized carbons (Fsp3) is 1.00. The van der Waals surface area contributed by atoms with Gasteiger partial charge in [0, 0.05) is 12.1 Å². The van der Waals surface area contributed by atoms with Crippen LogP contribution in [0.1, 0.15) is 38.5 Å². The van der Waals surface area contributed by atoms with E-state index in [2.05, 4.69) is 11.9 Å². The van der Waals surface area contributed by atoms with Crippen molar-refractivity contribution >= 4 is 0 Å². The van der Waals surface area contributed by atoms with Gasteiger partial charge < -0.3 is 10.6 Å². The Balaban J connectivity index is 2.03. The minimum absolute atomic E-state index is 0.474. The zero-order valence-corrected chi connectivity index (χ0v) is 8.71. The van der Waals surface area contributed by atoms with E-state index in [9.17, 15) is 0 Å². The molecule has 3 unspecified atom stereocenters. The second-order valence-electron chi connectivity index (χ2n) is 4.88. The van der Waals surface area contributed by atoms with Crippen LogP contribution in [0.3, 0.4) is 0 Å². The molecule has 1 heterocycles. The van der Waals surface area contributed by atoms with Crippen molar-refractivity contribution < 1.29 is 0 Å². The zero-order valence-electron chi connectivity index (χ0n) is 8.71. The van der Waals surface area contributed by atoms with E-state index >= 15 is 0 Å². The van der Waals surface area contributed by atoms with Gasteiger partial charge in [0.15, 0.2) is 0 Å². The summed E-state index contributed by atoms with van der Waals surface area (Å²) in [4.78, 5) is 2.55. The van der Waals surface area contributed by atoms with Crippen LogP contribution in [-0.2, 0) is 0 Å². The van der Waals surface area contributed by atoms with Crippen molar-refractivity contribution in [2.45, 2.75) is 50.6 Å². The predicted molar refractivity (Wildman–Crippen MR) is 55.6 cm³/mol. The van der Waals surface area contributed by atoms with Crippen molar-refractivity contribution in [2.75, 3.05) is 13.6 Å². The number of rotatable bonds is 0. The van der Waals surface area contributed by atoms with Crippen LogP contribution in [0.4, 0.5) is 0 Å². The molecule has 76 valence electrons. The van der Waals surface area contributed by atoms with Crippen LogP contribution >= 0.6 is 0 Å². The lowest BCUT2D eigenvalue weighted by Crippen LogP contribution is -2.45. The van der Waals surface area contributed by atoms with Crippen LogP contribution in [0.2, 0.25) is 0 Å². The van der Waals surface area contributed by atoms with Crippen molar-refractivity contribution in [2.24, 2.45) is 11.7 Å². The van der Waals surface area contributed by atoms with Gasteiger partial charge in [-0.25, -0.2) is 0 Å². The molecule has 2 heteroatoms. The lowest BCUT2D eigenvalue weighted by molar-refractivity contribution is 0.132. The molecule has 0 aromatic heterocycles. The predicted octanol–water partition coefficient (Wildman–Crippen LogP) is 1.60. The summed E-state index contributed by atoms with van der Waals surface area (Å²) in [5.74, 6) is 0.951. The molecule has 0 radical (unpaired) electrons. The topological polar surface area (TPSA) is 29.3 Å². The number of nitrogens with two attached hydrogens (primary N) is 1. The van der Waals surface area contributed by atoms with Gasteiger partial charge in [-0.3, -0.25) is 0 Å². The second kappa shape index (κ2) is 3.97.